The molecule has 5 nitrogen and oxygen atoms in total. The summed E-state index contributed by atoms with van der Waals surface area (Å²) in [7, 11) is 1.88. The standard InChI is InChI=1S/C11H14BrN5/c1-7-4-3-5-14-9(7)10(16-13)11-8(12)6-15-17(11)2/h3-6,10,16H,13H2,1-2H3. The van der Waals surface area contributed by atoms with Crippen molar-refractivity contribution >= 4 is 15.9 Å². The smallest absolute Gasteiger partial charge is 0.106 e. The van der Waals surface area contributed by atoms with E-state index in [-0.39, 0.29) is 6.04 Å². The second-order valence-electron chi connectivity index (χ2n) is 3.81. The molecule has 2 rings (SSSR count). The fourth-order valence-corrected chi connectivity index (χ4v) is 2.41. The Morgan fingerprint density at radius 2 is 2.29 bits per heavy atom. The van der Waals surface area contributed by atoms with Crippen molar-refractivity contribution in [2.45, 2.75) is 13.0 Å². The minimum Gasteiger partial charge on any atom is -0.270 e. The molecule has 0 amide bonds. The molecule has 3 N–H and O–H groups in total. The molecule has 1 atom stereocenters. The van der Waals surface area contributed by atoms with E-state index in [1.165, 1.54) is 0 Å². The zero-order chi connectivity index (χ0) is 12.4. The lowest BCUT2D eigenvalue weighted by Crippen LogP contribution is -2.31. The number of hydrazine groups is 1. The van der Waals surface area contributed by atoms with Crippen LogP contribution in [0, 0.1) is 6.92 Å². The molecule has 0 fully saturated rings. The van der Waals surface area contributed by atoms with Gasteiger partial charge in [-0.1, -0.05) is 6.07 Å². The number of nitrogens with one attached hydrogen (secondary N) is 1. The normalized spacial score (nSPS) is 12.7. The molecule has 0 aliphatic heterocycles. The van der Waals surface area contributed by atoms with Gasteiger partial charge in [0.15, 0.2) is 0 Å². The molecule has 1 unspecified atom stereocenters. The SMILES string of the molecule is Cc1cccnc1C(NN)c1c(Br)cnn1C. The van der Waals surface area contributed by atoms with Gasteiger partial charge < -0.3 is 0 Å². The van der Waals surface area contributed by atoms with Crippen LogP contribution in [-0.2, 0) is 7.05 Å². The summed E-state index contributed by atoms with van der Waals surface area (Å²) in [4.78, 5) is 4.38. The van der Waals surface area contributed by atoms with E-state index in [4.69, 9.17) is 5.84 Å². The van der Waals surface area contributed by atoms with Gasteiger partial charge in [0.1, 0.15) is 6.04 Å². The summed E-state index contributed by atoms with van der Waals surface area (Å²) in [6, 6.07) is 3.74. The highest BCUT2D eigenvalue weighted by atomic mass is 79.9. The Morgan fingerprint density at radius 1 is 1.53 bits per heavy atom. The fourth-order valence-electron chi connectivity index (χ4n) is 1.83. The van der Waals surface area contributed by atoms with E-state index < -0.39 is 0 Å². The third kappa shape index (κ3) is 2.24. The maximum atomic E-state index is 5.65. The van der Waals surface area contributed by atoms with Crippen LogP contribution < -0.4 is 11.3 Å². The van der Waals surface area contributed by atoms with Crippen LogP contribution in [0.15, 0.2) is 29.0 Å². The molecule has 2 aromatic heterocycles. The van der Waals surface area contributed by atoms with E-state index in [9.17, 15) is 0 Å². The summed E-state index contributed by atoms with van der Waals surface area (Å²) in [5.41, 5.74) is 5.73. The van der Waals surface area contributed by atoms with Crippen LogP contribution in [0.25, 0.3) is 0 Å². The number of pyridine rings is 1. The van der Waals surface area contributed by atoms with Gasteiger partial charge in [0, 0.05) is 13.2 Å². The molecule has 0 aliphatic rings. The average molecular weight is 296 g/mol. The Morgan fingerprint density at radius 3 is 2.82 bits per heavy atom. The molecular weight excluding hydrogens is 282 g/mol. The van der Waals surface area contributed by atoms with Crippen molar-refractivity contribution in [3.8, 4) is 0 Å². The van der Waals surface area contributed by atoms with Crippen LogP contribution >= 0.6 is 15.9 Å². The van der Waals surface area contributed by atoms with Gasteiger partial charge in [0.05, 0.1) is 22.1 Å². The number of aromatic nitrogens is 3. The molecule has 2 aromatic rings. The zero-order valence-corrected chi connectivity index (χ0v) is 11.3. The number of hydrogen-bond donors (Lipinski definition) is 2. The monoisotopic (exact) mass is 295 g/mol. The number of nitrogens with two attached hydrogens (primary N) is 1. The van der Waals surface area contributed by atoms with Gasteiger partial charge in [0.25, 0.3) is 0 Å². The Labute approximate surface area is 108 Å². The van der Waals surface area contributed by atoms with E-state index in [1.807, 2.05) is 26.1 Å². The first-order valence-electron chi connectivity index (χ1n) is 5.20. The average Bonchev–Trinajstić information content (AvgIpc) is 2.64. The van der Waals surface area contributed by atoms with Gasteiger partial charge in [-0.15, -0.1) is 0 Å². The molecular formula is C11H14BrN5. The zero-order valence-electron chi connectivity index (χ0n) is 9.68. The van der Waals surface area contributed by atoms with Crippen LogP contribution in [0.2, 0.25) is 0 Å². The summed E-state index contributed by atoms with van der Waals surface area (Å²) in [5.74, 6) is 5.65. The van der Waals surface area contributed by atoms with Gasteiger partial charge in [-0.3, -0.25) is 15.5 Å². The fraction of sp³-hybridized carbons (Fsp3) is 0.273. The van der Waals surface area contributed by atoms with Gasteiger partial charge >= 0.3 is 0 Å². The molecule has 17 heavy (non-hydrogen) atoms. The maximum Gasteiger partial charge on any atom is 0.106 e. The third-order valence-electron chi connectivity index (χ3n) is 2.70. The summed E-state index contributed by atoms with van der Waals surface area (Å²) < 4.78 is 2.69. The van der Waals surface area contributed by atoms with Crippen LogP contribution in [0.1, 0.15) is 23.0 Å². The summed E-state index contributed by atoms with van der Waals surface area (Å²) in [6.07, 6.45) is 3.51. The molecule has 0 radical (unpaired) electrons. The van der Waals surface area contributed by atoms with E-state index in [0.29, 0.717) is 0 Å². The number of nitrogens with zero attached hydrogens (tertiary/aromatic N) is 3. The quantitative estimate of drug-likeness (QED) is 0.664. The first-order chi connectivity index (χ1) is 8.15. The molecule has 0 saturated carbocycles. The second kappa shape index (κ2) is 4.95. The summed E-state index contributed by atoms with van der Waals surface area (Å²) >= 11 is 3.47. The Balaban J connectivity index is 2.52. The second-order valence-corrected chi connectivity index (χ2v) is 4.66. The van der Waals surface area contributed by atoms with Crippen LogP contribution in [0.3, 0.4) is 0 Å². The van der Waals surface area contributed by atoms with Gasteiger partial charge in [-0.05, 0) is 34.5 Å². The maximum absolute atomic E-state index is 5.65. The van der Waals surface area contributed by atoms with Crippen molar-refractivity contribution in [2.75, 3.05) is 0 Å². The van der Waals surface area contributed by atoms with E-state index in [0.717, 1.165) is 21.4 Å². The number of hydrogen-bond acceptors (Lipinski definition) is 4. The minimum atomic E-state index is -0.182. The first-order valence-corrected chi connectivity index (χ1v) is 5.99. The Hall–Kier alpha value is -1.24. The molecule has 6 heteroatoms. The van der Waals surface area contributed by atoms with Crippen molar-refractivity contribution in [3.63, 3.8) is 0 Å². The highest BCUT2D eigenvalue weighted by Crippen LogP contribution is 2.27. The van der Waals surface area contributed by atoms with Crippen LogP contribution in [0.5, 0.6) is 0 Å². The lowest BCUT2D eigenvalue weighted by molar-refractivity contribution is 0.559. The Kier molecular flexibility index (Phi) is 3.56. The molecule has 0 bridgehead atoms. The number of halogens is 1. The van der Waals surface area contributed by atoms with E-state index >= 15 is 0 Å². The van der Waals surface area contributed by atoms with E-state index in [1.54, 1.807) is 17.1 Å². The summed E-state index contributed by atoms with van der Waals surface area (Å²) in [5, 5.41) is 4.19. The van der Waals surface area contributed by atoms with Crippen molar-refractivity contribution in [3.05, 3.63) is 46.0 Å². The van der Waals surface area contributed by atoms with Crippen molar-refractivity contribution in [2.24, 2.45) is 12.9 Å². The topological polar surface area (TPSA) is 68.8 Å². The van der Waals surface area contributed by atoms with Gasteiger partial charge in [-0.25, -0.2) is 5.43 Å². The molecule has 0 saturated heterocycles. The lowest BCUT2D eigenvalue weighted by Gasteiger charge is -2.18. The molecule has 0 aromatic carbocycles. The molecule has 0 aliphatic carbocycles. The van der Waals surface area contributed by atoms with Crippen molar-refractivity contribution in [1.82, 2.24) is 20.2 Å². The van der Waals surface area contributed by atoms with Crippen LogP contribution in [-0.4, -0.2) is 14.8 Å². The lowest BCUT2D eigenvalue weighted by atomic mass is 10.1. The minimum absolute atomic E-state index is 0.182. The van der Waals surface area contributed by atoms with Crippen molar-refractivity contribution in [1.29, 1.82) is 0 Å². The third-order valence-corrected chi connectivity index (χ3v) is 3.31. The molecule has 90 valence electrons. The summed E-state index contributed by atoms with van der Waals surface area (Å²) in [6.45, 7) is 2.01. The molecule has 0 spiro atoms. The Bertz CT molecular complexity index is 503. The molecule has 2 heterocycles. The van der Waals surface area contributed by atoms with E-state index in [2.05, 4.69) is 31.4 Å². The highest BCUT2D eigenvalue weighted by molar-refractivity contribution is 9.10. The first kappa shape index (κ1) is 12.2. The van der Waals surface area contributed by atoms with Crippen molar-refractivity contribution < 1.29 is 0 Å². The largest absolute Gasteiger partial charge is 0.270 e. The number of aryl methyl sites for hydroxylation is 2. The van der Waals surface area contributed by atoms with Crippen LogP contribution in [0.4, 0.5) is 0 Å². The predicted molar refractivity (Wildman–Crippen MR) is 69.0 cm³/mol. The predicted octanol–water partition coefficient (Wildman–Crippen LogP) is 1.44. The van der Waals surface area contributed by atoms with Gasteiger partial charge in [0.2, 0.25) is 0 Å². The highest BCUT2D eigenvalue weighted by Gasteiger charge is 2.21. The van der Waals surface area contributed by atoms with Gasteiger partial charge in [-0.2, -0.15) is 5.10 Å². The number of rotatable bonds is 3.